The maximum atomic E-state index is 13.2. The van der Waals surface area contributed by atoms with Crippen LogP contribution in [-0.2, 0) is 21.3 Å². The molecule has 3 aliphatic carbocycles. The lowest BCUT2D eigenvalue weighted by Crippen LogP contribution is -2.35. The molecule has 0 radical (unpaired) electrons. The van der Waals surface area contributed by atoms with E-state index in [0.29, 0.717) is 74.5 Å². The molecule has 0 saturated heterocycles. The predicted octanol–water partition coefficient (Wildman–Crippen LogP) is 14.9. The van der Waals surface area contributed by atoms with Gasteiger partial charge in [-0.05, 0) is 168 Å². The molecule has 0 bridgehead atoms. The van der Waals surface area contributed by atoms with E-state index in [0.717, 1.165) is 49.7 Å². The summed E-state index contributed by atoms with van der Waals surface area (Å²) in [5.41, 5.74) is 17.3. The van der Waals surface area contributed by atoms with Crippen molar-refractivity contribution in [1.29, 1.82) is 0 Å². The van der Waals surface area contributed by atoms with E-state index in [1.54, 1.807) is 84.0 Å². The van der Waals surface area contributed by atoms with Gasteiger partial charge in [0.25, 0.3) is 5.54 Å². The number of hydrogen-bond acceptors (Lipinski definition) is 14. The molecular formula is C71H73F6N9O10. The molecule has 3 fully saturated rings. The standard InChI is InChI=1S/C24H25F2N3O4.C24H23F2N3O3.C23H25F2N3O3/c1-24(2,22(27)31)15-6-7-29-16(12-28-20(29)11-15)14-9-18(32-3)21(17(30)8-13-4-5-13)19(10-14)33-23(25)26;1-24(2,27-3)16-7-8-29-17(13-28-21(29)12-16)15-10-19(31-4)22(18(30)9-14-5-6-14)20(11-15)32-23(25)26;1-23(2,26)15-6-7-28-16(12-27-20(28)11-15)14-9-18(30-3)21(17(29)8-13-4-5-13)19(10-14)31-22(24)25/h6-7,9-13,23H,4-5,8H2,1-3H3,(H2,27,31);7-8,10-14,23H,5-6,9H2,1-2,4H3;6-7,9-13,22H,4-5,8,26H2,1-3H3. The van der Waals surface area contributed by atoms with Crippen molar-refractivity contribution in [3.63, 3.8) is 0 Å². The van der Waals surface area contributed by atoms with E-state index in [2.05, 4.69) is 19.8 Å². The summed E-state index contributed by atoms with van der Waals surface area (Å²) in [5.74, 6) is -0.485. The fourth-order valence-electron chi connectivity index (χ4n) is 11.1. The van der Waals surface area contributed by atoms with Crippen LogP contribution in [0, 0.1) is 24.3 Å². The summed E-state index contributed by atoms with van der Waals surface area (Å²) in [6.07, 6.45) is 16.8. The second-order valence-corrected chi connectivity index (χ2v) is 25.7. The van der Waals surface area contributed by atoms with Gasteiger partial charge in [0.05, 0.1) is 62.4 Å². The van der Waals surface area contributed by atoms with Crippen LogP contribution in [0.1, 0.15) is 147 Å². The number of rotatable bonds is 25. The van der Waals surface area contributed by atoms with E-state index < -0.39 is 42.2 Å². The molecule has 12 rings (SSSR count). The largest absolute Gasteiger partial charge is 0.496 e. The van der Waals surface area contributed by atoms with Gasteiger partial charge in [0.2, 0.25) is 5.91 Å². The number of halogens is 6. The summed E-state index contributed by atoms with van der Waals surface area (Å²) >= 11 is 0. The zero-order valence-corrected chi connectivity index (χ0v) is 54.4. The first-order valence-electron chi connectivity index (χ1n) is 31.0. The van der Waals surface area contributed by atoms with Crippen LogP contribution in [0.15, 0.2) is 110 Å². The quantitative estimate of drug-likeness (QED) is 0.0308. The maximum Gasteiger partial charge on any atom is 0.387 e. The SMILES string of the molecule is COc1cc(-c2cnc3cc(C(C)(C)C(N)=O)ccn23)cc(OC(F)F)c1C(=O)CC1CC1.COc1cc(-c2cnc3cc(C(C)(C)N)ccn23)cc(OC(F)F)c1C(=O)CC1CC1.[C-]#[N+]C(C)(C)c1ccn2c(-c3cc(OC)c(C(=O)CC4CC4)c(OC(F)F)c3)cnc2c1. The Morgan fingerprint density at radius 2 is 0.792 bits per heavy atom. The number of carbonyl (C=O) groups is 4. The number of nitrogens with zero attached hydrogens (tertiary/aromatic N) is 7. The van der Waals surface area contributed by atoms with Crippen LogP contribution in [0.4, 0.5) is 26.3 Å². The number of nitrogens with two attached hydrogens (primary N) is 2. The van der Waals surface area contributed by atoms with Crippen LogP contribution in [-0.4, -0.2) is 92.6 Å². The Hall–Kier alpha value is -9.96. The highest BCUT2D eigenvalue weighted by Crippen LogP contribution is 2.45. The third-order valence-electron chi connectivity index (χ3n) is 17.4. The third kappa shape index (κ3) is 15.4. The van der Waals surface area contributed by atoms with Gasteiger partial charge in [-0.1, -0.05) is 0 Å². The number of amides is 1. The van der Waals surface area contributed by atoms with Crippen LogP contribution in [0.2, 0.25) is 0 Å². The molecule has 19 nitrogen and oxygen atoms in total. The fraction of sp³-hybridized carbons (Fsp3) is 0.380. The number of aromatic nitrogens is 6. The minimum absolute atomic E-state index is 0.0211. The number of pyridine rings is 3. The molecule has 6 heterocycles. The van der Waals surface area contributed by atoms with Crippen molar-refractivity contribution in [3.8, 4) is 68.3 Å². The van der Waals surface area contributed by atoms with E-state index in [1.165, 1.54) is 39.5 Å². The summed E-state index contributed by atoms with van der Waals surface area (Å²) < 4.78 is 115. The number of ketones is 3. The second kappa shape index (κ2) is 27.8. The van der Waals surface area contributed by atoms with Gasteiger partial charge in [-0.15, -0.1) is 0 Å². The Balaban J connectivity index is 0.000000157. The van der Waals surface area contributed by atoms with Gasteiger partial charge < -0.3 is 44.7 Å². The van der Waals surface area contributed by atoms with Crippen molar-refractivity contribution < 1.29 is 73.9 Å². The summed E-state index contributed by atoms with van der Waals surface area (Å²) in [6.45, 7) is 9.05. The molecule has 9 aromatic rings. The smallest absolute Gasteiger partial charge is 0.387 e. The Morgan fingerprint density at radius 1 is 0.500 bits per heavy atom. The zero-order valence-electron chi connectivity index (χ0n) is 54.4. The minimum Gasteiger partial charge on any atom is -0.496 e. The van der Waals surface area contributed by atoms with Crippen LogP contribution in [0.25, 0.3) is 55.6 Å². The number of ether oxygens (including phenoxy) is 6. The molecule has 4 N–H and O–H groups in total. The average Bonchev–Trinajstić information content (AvgIpc) is 1.26. The van der Waals surface area contributed by atoms with Gasteiger partial charge >= 0.3 is 19.8 Å². The normalized spacial score (nSPS) is 14.1. The first kappa shape index (κ1) is 68.9. The lowest BCUT2D eigenvalue weighted by Gasteiger charge is -2.21. The highest BCUT2D eigenvalue weighted by molar-refractivity contribution is 6.04. The van der Waals surface area contributed by atoms with Gasteiger partial charge in [-0.2, -0.15) is 26.3 Å². The molecule has 0 atom stereocenters. The molecule has 25 heteroatoms. The molecule has 0 aliphatic heterocycles. The monoisotopic (exact) mass is 1330 g/mol. The second-order valence-electron chi connectivity index (χ2n) is 25.7. The number of primary amides is 1. The predicted molar refractivity (Wildman–Crippen MR) is 346 cm³/mol. The summed E-state index contributed by atoms with van der Waals surface area (Å²) in [4.78, 5) is 67.1. The first-order valence-corrected chi connectivity index (χ1v) is 31.0. The molecule has 504 valence electrons. The number of alkyl halides is 6. The summed E-state index contributed by atoms with van der Waals surface area (Å²) in [7, 11) is 4.18. The summed E-state index contributed by atoms with van der Waals surface area (Å²) in [6, 6.07) is 20.1. The topological polar surface area (TPSA) is 232 Å². The van der Waals surface area contributed by atoms with E-state index >= 15 is 0 Å². The number of Topliss-reactive ketones (excluding diaryl/α,β-unsaturated/α-hetero) is 3. The maximum absolute atomic E-state index is 13.2. The molecular weight excluding hydrogens is 1250 g/mol. The number of fused-ring (bicyclic) bond motifs is 3. The van der Waals surface area contributed by atoms with Crippen molar-refractivity contribution in [3.05, 3.63) is 155 Å². The van der Waals surface area contributed by atoms with Gasteiger partial charge in [-0.3, -0.25) is 32.4 Å². The molecule has 1 amide bonds. The Kier molecular flexibility index (Phi) is 19.9. The zero-order chi connectivity index (χ0) is 69.3. The van der Waals surface area contributed by atoms with E-state index in [1.807, 2.05) is 62.6 Å². The molecule has 0 unspecified atom stereocenters. The molecule has 3 aliphatic rings. The minimum atomic E-state index is -3.10. The highest BCUT2D eigenvalue weighted by atomic mass is 19.3. The summed E-state index contributed by atoms with van der Waals surface area (Å²) in [5, 5.41) is 0. The first-order chi connectivity index (χ1) is 45.5. The van der Waals surface area contributed by atoms with Gasteiger partial charge in [-0.25, -0.2) is 21.5 Å². The Morgan fingerprint density at radius 3 is 1.07 bits per heavy atom. The van der Waals surface area contributed by atoms with Gasteiger partial charge in [0.15, 0.2) is 17.3 Å². The van der Waals surface area contributed by atoms with Crippen LogP contribution < -0.4 is 39.9 Å². The van der Waals surface area contributed by atoms with Crippen molar-refractivity contribution in [2.24, 2.45) is 29.2 Å². The van der Waals surface area contributed by atoms with Crippen LogP contribution in [0.3, 0.4) is 0 Å². The molecule has 3 saturated carbocycles. The average molecular weight is 1330 g/mol. The number of benzene rings is 3. The van der Waals surface area contributed by atoms with E-state index in [-0.39, 0.29) is 87.3 Å². The van der Waals surface area contributed by atoms with Crippen molar-refractivity contribution in [2.75, 3.05) is 21.3 Å². The Labute approximate surface area is 549 Å². The molecule has 3 aromatic carbocycles. The van der Waals surface area contributed by atoms with Gasteiger partial charge in [0, 0.05) is 79.5 Å². The molecule has 6 aromatic heterocycles. The highest BCUT2D eigenvalue weighted by Gasteiger charge is 2.35. The lowest BCUT2D eigenvalue weighted by molar-refractivity contribution is -0.122. The van der Waals surface area contributed by atoms with Crippen molar-refractivity contribution in [1.82, 2.24) is 28.2 Å². The molecule has 96 heavy (non-hydrogen) atoms. The number of hydrogen-bond donors (Lipinski definition) is 2. The van der Waals surface area contributed by atoms with Crippen molar-refractivity contribution in [2.45, 2.75) is 136 Å². The number of imidazole rings is 3. The number of methoxy groups -OCH3 is 3. The van der Waals surface area contributed by atoms with Crippen molar-refractivity contribution >= 4 is 40.2 Å². The lowest BCUT2D eigenvalue weighted by atomic mass is 9.84. The van der Waals surface area contributed by atoms with E-state index in [4.69, 9.17) is 46.5 Å². The third-order valence-corrected chi connectivity index (χ3v) is 17.4. The fourth-order valence-corrected chi connectivity index (χ4v) is 11.1. The van der Waals surface area contributed by atoms with Gasteiger partial charge in [0.1, 0.15) is 68.1 Å². The van der Waals surface area contributed by atoms with Crippen LogP contribution >= 0.6 is 0 Å². The van der Waals surface area contributed by atoms with Crippen LogP contribution in [0.5, 0.6) is 34.5 Å². The number of carbonyl (C=O) groups excluding carboxylic acids is 4. The molecule has 0 spiro atoms. The van der Waals surface area contributed by atoms with E-state index in [9.17, 15) is 45.5 Å². The Bertz CT molecular complexity index is 4480.